The van der Waals surface area contributed by atoms with Gasteiger partial charge in [-0.2, -0.15) is 11.8 Å². The summed E-state index contributed by atoms with van der Waals surface area (Å²) in [4.78, 5) is 11.2. The van der Waals surface area contributed by atoms with Crippen molar-refractivity contribution in [3.8, 4) is 0 Å². The number of nitrogen functional groups attached to an aromatic ring is 1. The molecule has 1 saturated heterocycles. The van der Waals surface area contributed by atoms with Crippen LogP contribution in [0.25, 0.3) is 0 Å². The molecule has 5 N–H and O–H groups in total. The van der Waals surface area contributed by atoms with Gasteiger partial charge in [-0.3, -0.25) is 4.79 Å². The van der Waals surface area contributed by atoms with Crippen LogP contribution in [0.3, 0.4) is 0 Å². The molecule has 0 spiro atoms. The van der Waals surface area contributed by atoms with Crippen LogP contribution >= 0.6 is 11.8 Å². The molecular formula is C13H19N3OS. The van der Waals surface area contributed by atoms with E-state index in [4.69, 9.17) is 11.5 Å². The third kappa shape index (κ3) is 3.10. The van der Waals surface area contributed by atoms with Crippen LogP contribution in [-0.4, -0.2) is 23.5 Å². The lowest BCUT2D eigenvalue weighted by atomic mass is 10.1. The Morgan fingerprint density at radius 2 is 2.28 bits per heavy atom. The van der Waals surface area contributed by atoms with E-state index in [0.29, 0.717) is 16.5 Å². The van der Waals surface area contributed by atoms with Gasteiger partial charge in [-0.1, -0.05) is 12.5 Å². The highest BCUT2D eigenvalue weighted by Gasteiger charge is 2.15. The molecule has 1 amide bonds. The molecule has 98 valence electrons. The predicted octanol–water partition coefficient (Wildman–Crippen LogP) is 2.07. The minimum atomic E-state index is -0.483. The number of carbonyl (C=O) groups is 1. The summed E-state index contributed by atoms with van der Waals surface area (Å²) in [6.45, 7) is 0.886. The summed E-state index contributed by atoms with van der Waals surface area (Å²) in [7, 11) is 0. The van der Waals surface area contributed by atoms with Crippen molar-refractivity contribution in [1.29, 1.82) is 0 Å². The number of hydrogen-bond acceptors (Lipinski definition) is 4. The number of carbonyl (C=O) groups excluding carboxylic acids is 1. The molecule has 18 heavy (non-hydrogen) atoms. The van der Waals surface area contributed by atoms with Crippen molar-refractivity contribution in [2.75, 3.05) is 23.3 Å². The lowest BCUT2D eigenvalue weighted by Gasteiger charge is -2.22. The number of anilines is 2. The fourth-order valence-electron chi connectivity index (χ4n) is 2.13. The van der Waals surface area contributed by atoms with Crippen LogP contribution in [0, 0.1) is 0 Å². The second-order valence-electron chi connectivity index (χ2n) is 4.50. The first-order chi connectivity index (χ1) is 8.68. The fourth-order valence-corrected chi connectivity index (χ4v) is 3.37. The van der Waals surface area contributed by atoms with Gasteiger partial charge in [0.15, 0.2) is 0 Å². The van der Waals surface area contributed by atoms with Gasteiger partial charge in [-0.25, -0.2) is 0 Å². The van der Waals surface area contributed by atoms with Gasteiger partial charge in [-0.05, 0) is 30.7 Å². The van der Waals surface area contributed by atoms with E-state index in [-0.39, 0.29) is 0 Å². The molecule has 1 atom stereocenters. The molecule has 0 aliphatic carbocycles. The number of nitrogens with two attached hydrogens (primary N) is 2. The van der Waals surface area contributed by atoms with Gasteiger partial charge >= 0.3 is 0 Å². The summed E-state index contributed by atoms with van der Waals surface area (Å²) in [5.41, 5.74) is 12.8. The van der Waals surface area contributed by atoms with Crippen LogP contribution in [0.15, 0.2) is 18.2 Å². The fraction of sp³-hybridized carbons (Fsp3) is 0.462. The van der Waals surface area contributed by atoms with E-state index >= 15 is 0 Å². The molecule has 5 heteroatoms. The second kappa shape index (κ2) is 6.00. The number of para-hydroxylation sites is 1. The van der Waals surface area contributed by atoms with Gasteiger partial charge in [0.1, 0.15) is 0 Å². The van der Waals surface area contributed by atoms with Crippen molar-refractivity contribution in [2.24, 2.45) is 5.73 Å². The van der Waals surface area contributed by atoms with Crippen LogP contribution in [0.5, 0.6) is 0 Å². The van der Waals surface area contributed by atoms with Crippen molar-refractivity contribution < 1.29 is 4.79 Å². The van der Waals surface area contributed by atoms with Crippen LogP contribution in [0.4, 0.5) is 11.4 Å². The number of thioether (sulfide) groups is 1. The third-order valence-corrected chi connectivity index (χ3v) is 4.56. The summed E-state index contributed by atoms with van der Waals surface area (Å²) in [6.07, 6.45) is 3.86. The van der Waals surface area contributed by atoms with E-state index in [1.165, 1.54) is 25.0 Å². The molecule has 0 radical (unpaired) electrons. The summed E-state index contributed by atoms with van der Waals surface area (Å²) in [5, 5.41) is 3.96. The van der Waals surface area contributed by atoms with E-state index in [2.05, 4.69) is 5.32 Å². The molecule has 1 aromatic rings. The van der Waals surface area contributed by atoms with Crippen molar-refractivity contribution in [2.45, 2.75) is 24.5 Å². The van der Waals surface area contributed by atoms with E-state index in [1.54, 1.807) is 12.1 Å². The number of primary amides is 1. The molecule has 0 aromatic heterocycles. The Morgan fingerprint density at radius 3 is 2.94 bits per heavy atom. The standard InChI is InChI=1S/C13H19N3OS/c14-12-10(13(15)17)5-3-6-11(12)16-8-9-4-1-2-7-18-9/h3,5-6,9,16H,1-2,4,7-8,14H2,(H2,15,17). The molecule has 0 bridgehead atoms. The topological polar surface area (TPSA) is 81.1 Å². The average molecular weight is 265 g/mol. The van der Waals surface area contributed by atoms with Gasteiger partial charge in [0.05, 0.1) is 16.9 Å². The Morgan fingerprint density at radius 1 is 1.44 bits per heavy atom. The van der Waals surface area contributed by atoms with Gasteiger partial charge in [0.2, 0.25) is 0 Å². The van der Waals surface area contributed by atoms with E-state index in [0.717, 1.165) is 12.2 Å². The minimum absolute atomic E-state index is 0.385. The maximum Gasteiger partial charge on any atom is 0.250 e. The highest BCUT2D eigenvalue weighted by molar-refractivity contribution is 7.99. The molecule has 1 aliphatic heterocycles. The van der Waals surface area contributed by atoms with Crippen LogP contribution in [-0.2, 0) is 0 Å². The summed E-state index contributed by atoms with van der Waals surface area (Å²) in [6, 6.07) is 5.33. The van der Waals surface area contributed by atoms with E-state index in [9.17, 15) is 4.79 Å². The SMILES string of the molecule is NC(=O)c1cccc(NCC2CCCCS2)c1N. The minimum Gasteiger partial charge on any atom is -0.396 e. The largest absolute Gasteiger partial charge is 0.396 e. The number of amides is 1. The molecule has 1 aliphatic rings. The second-order valence-corrected chi connectivity index (χ2v) is 5.91. The molecule has 0 saturated carbocycles. The molecule has 1 heterocycles. The summed E-state index contributed by atoms with van der Waals surface area (Å²) >= 11 is 2.00. The zero-order valence-electron chi connectivity index (χ0n) is 10.3. The highest BCUT2D eigenvalue weighted by Crippen LogP contribution is 2.27. The molecule has 1 aromatic carbocycles. The van der Waals surface area contributed by atoms with E-state index in [1.807, 2.05) is 17.8 Å². The Bertz CT molecular complexity index is 430. The highest BCUT2D eigenvalue weighted by atomic mass is 32.2. The number of hydrogen-bond donors (Lipinski definition) is 3. The van der Waals surface area contributed by atoms with Gasteiger partial charge in [0.25, 0.3) is 5.91 Å². The third-order valence-electron chi connectivity index (χ3n) is 3.17. The maximum atomic E-state index is 11.2. The zero-order valence-corrected chi connectivity index (χ0v) is 11.1. The van der Waals surface area contributed by atoms with Crippen molar-refractivity contribution in [3.63, 3.8) is 0 Å². The molecule has 1 fully saturated rings. The predicted molar refractivity (Wildman–Crippen MR) is 78.0 cm³/mol. The first kappa shape index (κ1) is 13.1. The van der Waals surface area contributed by atoms with Crippen LogP contribution in [0.2, 0.25) is 0 Å². The Hall–Kier alpha value is -1.36. The quantitative estimate of drug-likeness (QED) is 0.728. The smallest absolute Gasteiger partial charge is 0.250 e. The maximum absolute atomic E-state index is 11.2. The van der Waals surface area contributed by atoms with Gasteiger partial charge in [-0.15, -0.1) is 0 Å². The number of benzene rings is 1. The van der Waals surface area contributed by atoms with Crippen LogP contribution < -0.4 is 16.8 Å². The zero-order chi connectivity index (χ0) is 13.0. The van der Waals surface area contributed by atoms with Crippen molar-refractivity contribution >= 4 is 29.0 Å². The molecule has 4 nitrogen and oxygen atoms in total. The van der Waals surface area contributed by atoms with E-state index < -0.39 is 5.91 Å². The average Bonchev–Trinajstić information content (AvgIpc) is 2.38. The molecular weight excluding hydrogens is 246 g/mol. The summed E-state index contributed by atoms with van der Waals surface area (Å²) in [5.74, 6) is 0.756. The number of nitrogens with one attached hydrogen (secondary N) is 1. The Balaban J connectivity index is 2.00. The monoisotopic (exact) mass is 265 g/mol. The Labute approximate surface area is 111 Å². The first-order valence-electron chi connectivity index (χ1n) is 6.22. The first-order valence-corrected chi connectivity index (χ1v) is 7.27. The van der Waals surface area contributed by atoms with Crippen LogP contribution in [0.1, 0.15) is 29.6 Å². The Kier molecular flexibility index (Phi) is 4.36. The van der Waals surface area contributed by atoms with Crippen molar-refractivity contribution in [1.82, 2.24) is 0 Å². The van der Waals surface area contributed by atoms with Gasteiger partial charge < -0.3 is 16.8 Å². The molecule has 2 rings (SSSR count). The normalized spacial score (nSPS) is 19.4. The lowest BCUT2D eigenvalue weighted by molar-refractivity contribution is 0.100. The summed E-state index contributed by atoms with van der Waals surface area (Å²) < 4.78 is 0. The number of rotatable bonds is 4. The molecule has 1 unspecified atom stereocenters. The van der Waals surface area contributed by atoms with Crippen molar-refractivity contribution in [3.05, 3.63) is 23.8 Å². The lowest BCUT2D eigenvalue weighted by Crippen LogP contribution is -2.21. The van der Waals surface area contributed by atoms with Gasteiger partial charge in [0, 0.05) is 11.8 Å².